The number of aryl methyl sites for hydroxylation is 1. The number of rotatable bonds is 4. The van der Waals surface area contributed by atoms with Crippen LogP contribution in [-0.2, 0) is 22.8 Å². The number of hydrogen-bond acceptors (Lipinski definition) is 4. The van der Waals surface area contributed by atoms with Crippen LogP contribution in [0.5, 0.6) is 0 Å². The number of aromatic nitrogens is 2. The molecule has 1 aliphatic heterocycles. The molecule has 0 atom stereocenters. The summed E-state index contributed by atoms with van der Waals surface area (Å²) in [5, 5.41) is 4.13. The third-order valence-electron chi connectivity index (χ3n) is 3.98. The highest BCUT2D eigenvalue weighted by Gasteiger charge is 2.28. The maximum atomic E-state index is 13.7. The van der Waals surface area contributed by atoms with Crippen LogP contribution in [0.1, 0.15) is 5.56 Å². The molecule has 0 N–H and O–H groups in total. The van der Waals surface area contributed by atoms with Gasteiger partial charge < -0.3 is 4.90 Å². The molecule has 2 aromatic rings. The second-order valence-corrected chi connectivity index (χ2v) is 7.57. The average molecular weight is 338 g/mol. The molecule has 8 heteroatoms. The molecule has 0 amide bonds. The topological polar surface area (TPSA) is 58.4 Å². The van der Waals surface area contributed by atoms with E-state index in [1.54, 1.807) is 23.0 Å². The molecule has 3 rings (SSSR count). The predicted molar refractivity (Wildman–Crippen MR) is 86.0 cm³/mol. The van der Waals surface area contributed by atoms with Crippen molar-refractivity contribution in [1.29, 1.82) is 0 Å². The molecule has 0 spiro atoms. The van der Waals surface area contributed by atoms with Gasteiger partial charge in [-0.05, 0) is 6.07 Å². The number of hydrogen-bond donors (Lipinski definition) is 0. The van der Waals surface area contributed by atoms with E-state index in [1.165, 1.54) is 16.4 Å². The SMILES string of the molecule is Cn1cc(N2CCN(S(=O)(=O)Cc3ccccc3F)CC2)cn1. The third-order valence-corrected chi connectivity index (χ3v) is 5.81. The highest BCUT2D eigenvalue weighted by Crippen LogP contribution is 2.19. The van der Waals surface area contributed by atoms with E-state index in [4.69, 9.17) is 0 Å². The van der Waals surface area contributed by atoms with E-state index in [0.717, 1.165) is 5.69 Å². The van der Waals surface area contributed by atoms with Crippen LogP contribution in [-0.4, -0.2) is 48.7 Å². The molecule has 1 aliphatic rings. The number of piperazine rings is 1. The van der Waals surface area contributed by atoms with Crippen molar-refractivity contribution in [2.24, 2.45) is 7.05 Å². The minimum Gasteiger partial charge on any atom is -0.366 e. The summed E-state index contributed by atoms with van der Waals surface area (Å²) in [5.74, 6) is -0.780. The Hall–Kier alpha value is -1.93. The number of anilines is 1. The van der Waals surface area contributed by atoms with E-state index >= 15 is 0 Å². The Morgan fingerprint density at radius 3 is 2.48 bits per heavy atom. The van der Waals surface area contributed by atoms with E-state index in [9.17, 15) is 12.8 Å². The third kappa shape index (κ3) is 3.53. The Labute approximate surface area is 135 Å². The Kier molecular flexibility index (Phi) is 4.36. The standard InChI is InChI=1S/C15H19FN4O2S/c1-18-11-14(10-17-18)19-6-8-20(9-7-19)23(21,22)12-13-4-2-3-5-15(13)16/h2-5,10-11H,6-9,12H2,1H3. The van der Waals surface area contributed by atoms with E-state index in [0.29, 0.717) is 26.2 Å². The molecule has 1 aromatic heterocycles. The van der Waals surface area contributed by atoms with Gasteiger partial charge in [-0.15, -0.1) is 0 Å². The first kappa shape index (κ1) is 15.9. The monoisotopic (exact) mass is 338 g/mol. The normalized spacial score (nSPS) is 16.7. The zero-order chi connectivity index (χ0) is 16.4. The van der Waals surface area contributed by atoms with Crippen LogP contribution in [0.4, 0.5) is 10.1 Å². The molecule has 124 valence electrons. The van der Waals surface area contributed by atoms with E-state index in [2.05, 4.69) is 10.00 Å². The Balaban J connectivity index is 1.65. The summed E-state index contributed by atoms with van der Waals surface area (Å²) >= 11 is 0. The fourth-order valence-electron chi connectivity index (χ4n) is 2.70. The van der Waals surface area contributed by atoms with Gasteiger partial charge in [0.1, 0.15) is 5.82 Å². The van der Waals surface area contributed by atoms with Crippen LogP contribution in [0, 0.1) is 5.82 Å². The van der Waals surface area contributed by atoms with Crippen LogP contribution in [0.25, 0.3) is 0 Å². The lowest BCUT2D eigenvalue weighted by Crippen LogP contribution is -2.49. The van der Waals surface area contributed by atoms with Crippen molar-refractivity contribution in [2.75, 3.05) is 31.1 Å². The first-order valence-corrected chi connectivity index (χ1v) is 9.01. The number of nitrogens with zero attached hydrogens (tertiary/aromatic N) is 4. The van der Waals surface area contributed by atoms with Crippen LogP contribution in [0.3, 0.4) is 0 Å². The first-order chi connectivity index (χ1) is 11.0. The molecule has 0 radical (unpaired) electrons. The van der Waals surface area contributed by atoms with Crippen molar-refractivity contribution in [3.05, 3.63) is 48.0 Å². The molecule has 0 saturated carbocycles. The Morgan fingerprint density at radius 2 is 1.87 bits per heavy atom. The first-order valence-electron chi connectivity index (χ1n) is 7.40. The lowest BCUT2D eigenvalue weighted by atomic mass is 10.2. The lowest BCUT2D eigenvalue weighted by Gasteiger charge is -2.34. The molecular weight excluding hydrogens is 319 g/mol. The number of halogens is 1. The van der Waals surface area contributed by atoms with Crippen LogP contribution >= 0.6 is 0 Å². The summed E-state index contributed by atoms with van der Waals surface area (Å²) in [4.78, 5) is 2.10. The predicted octanol–water partition coefficient (Wildman–Crippen LogP) is 1.21. The van der Waals surface area contributed by atoms with Gasteiger partial charge in [0.25, 0.3) is 0 Å². The minimum absolute atomic E-state index is 0.210. The fourth-order valence-corrected chi connectivity index (χ4v) is 4.23. The van der Waals surface area contributed by atoms with Gasteiger partial charge in [0, 0.05) is 45.0 Å². The Bertz CT molecular complexity index is 782. The van der Waals surface area contributed by atoms with Gasteiger partial charge in [-0.1, -0.05) is 18.2 Å². The second kappa shape index (κ2) is 6.29. The van der Waals surface area contributed by atoms with E-state index in [1.807, 2.05) is 13.2 Å². The minimum atomic E-state index is -3.51. The fraction of sp³-hybridized carbons (Fsp3) is 0.400. The second-order valence-electron chi connectivity index (χ2n) is 5.61. The summed E-state index contributed by atoms with van der Waals surface area (Å²) in [6.45, 7) is 1.99. The summed E-state index contributed by atoms with van der Waals surface area (Å²) in [6.07, 6.45) is 3.67. The summed E-state index contributed by atoms with van der Waals surface area (Å²) in [5.41, 5.74) is 1.20. The van der Waals surface area contributed by atoms with Crippen LogP contribution in [0.15, 0.2) is 36.7 Å². The summed E-state index contributed by atoms with van der Waals surface area (Å²) in [6, 6.07) is 6.00. The van der Waals surface area contributed by atoms with Crippen molar-refractivity contribution >= 4 is 15.7 Å². The molecule has 0 unspecified atom stereocenters. The lowest BCUT2D eigenvalue weighted by molar-refractivity contribution is 0.384. The van der Waals surface area contributed by atoms with Gasteiger partial charge in [-0.2, -0.15) is 9.40 Å². The van der Waals surface area contributed by atoms with Crippen molar-refractivity contribution in [3.8, 4) is 0 Å². The molecule has 0 bridgehead atoms. The van der Waals surface area contributed by atoms with Gasteiger partial charge in [0.05, 0.1) is 17.6 Å². The van der Waals surface area contributed by atoms with Gasteiger partial charge in [-0.25, -0.2) is 12.8 Å². The van der Waals surface area contributed by atoms with Gasteiger partial charge in [-0.3, -0.25) is 4.68 Å². The smallest absolute Gasteiger partial charge is 0.218 e. The molecule has 1 saturated heterocycles. The molecule has 1 aromatic carbocycles. The van der Waals surface area contributed by atoms with Gasteiger partial charge in [0.15, 0.2) is 0 Å². The average Bonchev–Trinajstić information content (AvgIpc) is 2.96. The van der Waals surface area contributed by atoms with Crippen LogP contribution < -0.4 is 4.90 Å². The molecule has 2 heterocycles. The number of benzene rings is 1. The zero-order valence-corrected chi connectivity index (χ0v) is 13.7. The van der Waals surface area contributed by atoms with Crippen molar-refractivity contribution < 1.29 is 12.8 Å². The maximum absolute atomic E-state index is 13.7. The molecule has 0 aliphatic carbocycles. The number of sulfonamides is 1. The molecule has 23 heavy (non-hydrogen) atoms. The van der Waals surface area contributed by atoms with Crippen molar-refractivity contribution in [3.63, 3.8) is 0 Å². The quantitative estimate of drug-likeness (QED) is 0.841. The van der Waals surface area contributed by atoms with E-state index < -0.39 is 15.8 Å². The highest BCUT2D eigenvalue weighted by atomic mass is 32.2. The maximum Gasteiger partial charge on any atom is 0.218 e. The van der Waals surface area contributed by atoms with E-state index in [-0.39, 0.29) is 11.3 Å². The molecular formula is C15H19FN4O2S. The summed E-state index contributed by atoms with van der Waals surface area (Å²) < 4.78 is 41.8. The summed E-state index contributed by atoms with van der Waals surface area (Å²) in [7, 11) is -1.67. The van der Waals surface area contributed by atoms with Crippen molar-refractivity contribution in [2.45, 2.75) is 5.75 Å². The zero-order valence-electron chi connectivity index (χ0n) is 12.9. The largest absolute Gasteiger partial charge is 0.366 e. The molecule has 6 nitrogen and oxygen atoms in total. The Morgan fingerprint density at radius 1 is 1.17 bits per heavy atom. The van der Waals surface area contributed by atoms with Crippen molar-refractivity contribution in [1.82, 2.24) is 14.1 Å². The highest BCUT2D eigenvalue weighted by molar-refractivity contribution is 7.88. The van der Waals surface area contributed by atoms with Gasteiger partial charge >= 0.3 is 0 Å². The molecule has 1 fully saturated rings. The van der Waals surface area contributed by atoms with Gasteiger partial charge in [0.2, 0.25) is 10.0 Å². The van der Waals surface area contributed by atoms with Crippen LogP contribution in [0.2, 0.25) is 0 Å².